The van der Waals surface area contributed by atoms with E-state index in [1.165, 1.54) is 10.8 Å². The van der Waals surface area contributed by atoms with Crippen LogP contribution in [-0.2, 0) is 6.54 Å². The molecule has 0 aliphatic rings. The Bertz CT molecular complexity index is 608. The predicted molar refractivity (Wildman–Crippen MR) is 67.7 cm³/mol. The smallest absolute Gasteiger partial charge is 0.347 e. The molecule has 17 heavy (non-hydrogen) atoms. The molecule has 2 N–H and O–H groups in total. The van der Waals surface area contributed by atoms with Crippen LogP contribution < -0.4 is 11.4 Å². The summed E-state index contributed by atoms with van der Waals surface area (Å²) >= 11 is 4.85. The minimum atomic E-state index is -0.291. The standard InChI is InChI=1S/C11H10N4OS/c12-10(17)9-6-8(2-4-13-9)7-15-5-1-3-14-11(15)16/h1-6H,7H2,(H2,12,17). The zero-order valence-electron chi connectivity index (χ0n) is 8.91. The Hall–Kier alpha value is -2.08. The molecule has 0 fully saturated rings. The van der Waals surface area contributed by atoms with Crippen molar-refractivity contribution in [1.29, 1.82) is 0 Å². The molecule has 6 heteroatoms. The largest absolute Gasteiger partial charge is 0.388 e. The molecule has 0 spiro atoms. The topological polar surface area (TPSA) is 73.8 Å². The van der Waals surface area contributed by atoms with Gasteiger partial charge in [0.2, 0.25) is 0 Å². The average molecular weight is 246 g/mol. The molecular weight excluding hydrogens is 236 g/mol. The molecular formula is C11H10N4OS. The van der Waals surface area contributed by atoms with E-state index >= 15 is 0 Å². The second-order valence-corrected chi connectivity index (χ2v) is 3.88. The van der Waals surface area contributed by atoms with Crippen LogP contribution in [0.3, 0.4) is 0 Å². The molecule has 0 aliphatic heterocycles. The molecule has 86 valence electrons. The van der Waals surface area contributed by atoms with Crippen molar-refractivity contribution in [1.82, 2.24) is 14.5 Å². The number of aromatic nitrogens is 3. The van der Waals surface area contributed by atoms with E-state index in [4.69, 9.17) is 18.0 Å². The molecule has 0 saturated carbocycles. The maximum atomic E-state index is 11.4. The summed E-state index contributed by atoms with van der Waals surface area (Å²) in [6, 6.07) is 5.28. The van der Waals surface area contributed by atoms with E-state index in [2.05, 4.69) is 9.97 Å². The quantitative estimate of drug-likeness (QED) is 0.790. The highest BCUT2D eigenvalue weighted by Gasteiger charge is 2.02. The van der Waals surface area contributed by atoms with Gasteiger partial charge in [0.15, 0.2) is 0 Å². The molecule has 2 rings (SSSR count). The van der Waals surface area contributed by atoms with Gasteiger partial charge in [-0.1, -0.05) is 12.2 Å². The lowest BCUT2D eigenvalue weighted by molar-refractivity contribution is 0.726. The fraction of sp³-hybridized carbons (Fsp3) is 0.0909. The molecule has 0 radical (unpaired) electrons. The first-order valence-corrected chi connectivity index (χ1v) is 5.34. The second-order valence-electron chi connectivity index (χ2n) is 3.44. The Balaban J connectivity index is 2.31. The second kappa shape index (κ2) is 4.84. The van der Waals surface area contributed by atoms with Crippen molar-refractivity contribution in [3.05, 3.63) is 58.5 Å². The van der Waals surface area contributed by atoms with Crippen molar-refractivity contribution in [2.24, 2.45) is 5.73 Å². The summed E-state index contributed by atoms with van der Waals surface area (Å²) in [7, 11) is 0. The van der Waals surface area contributed by atoms with Crippen LogP contribution in [0.4, 0.5) is 0 Å². The van der Waals surface area contributed by atoms with E-state index in [0.29, 0.717) is 12.2 Å². The summed E-state index contributed by atoms with van der Waals surface area (Å²) in [6.45, 7) is 0.421. The lowest BCUT2D eigenvalue weighted by Crippen LogP contribution is -2.22. The molecule has 0 bridgehead atoms. The van der Waals surface area contributed by atoms with E-state index < -0.39 is 0 Å². The number of nitrogens with zero attached hydrogens (tertiary/aromatic N) is 3. The number of pyridine rings is 1. The SMILES string of the molecule is NC(=S)c1cc(Cn2cccnc2=O)ccn1. The van der Waals surface area contributed by atoms with Crippen LogP contribution in [0.5, 0.6) is 0 Å². The van der Waals surface area contributed by atoms with E-state index in [-0.39, 0.29) is 10.7 Å². The highest BCUT2D eigenvalue weighted by Crippen LogP contribution is 2.03. The number of hydrogen-bond donors (Lipinski definition) is 1. The fourth-order valence-electron chi connectivity index (χ4n) is 1.41. The van der Waals surface area contributed by atoms with Gasteiger partial charge < -0.3 is 5.73 Å². The van der Waals surface area contributed by atoms with Crippen molar-refractivity contribution in [3.63, 3.8) is 0 Å². The summed E-state index contributed by atoms with van der Waals surface area (Å²) < 4.78 is 1.50. The number of nitrogens with two attached hydrogens (primary N) is 1. The zero-order chi connectivity index (χ0) is 12.3. The van der Waals surface area contributed by atoms with Crippen LogP contribution in [0.25, 0.3) is 0 Å². The number of hydrogen-bond acceptors (Lipinski definition) is 4. The van der Waals surface area contributed by atoms with Gasteiger partial charge in [-0.25, -0.2) is 9.78 Å². The number of thiocarbonyl (C=S) groups is 1. The van der Waals surface area contributed by atoms with Crippen molar-refractivity contribution in [3.8, 4) is 0 Å². The van der Waals surface area contributed by atoms with Gasteiger partial charge in [-0.3, -0.25) is 9.55 Å². The highest BCUT2D eigenvalue weighted by atomic mass is 32.1. The van der Waals surface area contributed by atoms with E-state index in [1.54, 1.807) is 30.6 Å². The first-order valence-electron chi connectivity index (χ1n) is 4.93. The first-order chi connectivity index (χ1) is 8.16. The van der Waals surface area contributed by atoms with E-state index in [0.717, 1.165) is 5.56 Å². The van der Waals surface area contributed by atoms with Gasteiger partial charge >= 0.3 is 5.69 Å². The fourth-order valence-corrected chi connectivity index (χ4v) is 1.52. The monoisotopic (exact) mass is 246 g/mol. The molecule has 0 saturated heterocycles. The lowest BCUT2D eigenvalue weighted by atomic mass is 10.2. The summed E-state index contributed by atoms with van der Waals surface area (Å²) in [5.74, 6) is 0. The summed E-state index contributed by atoms with van der Waals surface area (Å²) in [4.78, 5) is 19.4. The lowest BCUT2D eigenvalue weighted by Gasteiger charge is -2.05. The van der Waals surface area contributed by atoms with Crippen LogP contribution in [0, 0.1) is 0 Å². The Labute approximate surface area is 103 Å². The predicted octanol–water partition coefficient (Wildman–Crippen LogP) is 0.321. The molecule has 2 aromatic rings. The minimum absolute atomic E-state index is 0.241. The molecule has 0 atom stereocenters. The third kappa shape index (κ3) is 2.73. The normalized spacial score (nSPS) is 10.1. The van der Waals surface area contributed by atoms with Crippen LogP contribution in [0.2, 0.25) is 0 Å². The number of rotatable bonds is 3. The van der Waals surface area contributed by atoms with Crippen LogP contribution in [0.15, 0.2) is 41.6 Å². The van der Waals surface area contributed by atoms with Crippen LogP contribution in [0.1, 0.15) is 11.3 Å². The van der Waals surface area contributed by atoms with Crippen LogP contribution >= 0.6 is 12.2 Å². The van der Waals surface area contributed by atoms with Crippen molar-refractivity contribution in [2.75, 3.05) is 0 Å². The zero-order valence-corrected chi connectivity index (χ0v) is 9.72. The van der Waals surface area contributed by atoms with Gasteiger partial charge in [0.25, 0.3) is 0 Å². The Morgan fingerprint density at radius 1 is 1.41 bits per heavy atom. The van der Waals surface area contributed by atoms with E-state index in [9.17, 15) is 4.79 Å². The molecule has 0 aliphatic carbocycles. The summed E-state index contributed by atoms with van der Waals surface area (Å²) in [5.41, 5.74) is 6.65. The Morgan fingerprint density at radius 3 is 2.94 bits per heavy atom. The van der Waals surface area contributed by atoms with Gasteiger partial charge in [-0.05, 0) is 23.8 Å². The van der Waals surface area contributed by atoms with E-state index in [1.807, 2.05) is 0 Å². The van der Waals surface area contributed by atoms with Gasteiger partial charge in [-0.2, -0.15) is 0 Å². The average Bonchev–Trinajstić information content (AvgIpc) is 2.32. The Morgan fingerprint density at radius 2 is 2.24 bits per heavy atom. The maximum Gasteiger partial charge on any atom is 0.347 e. The van der Waals surface area contributed by atoms with Gasteiger partial charge in [0.05, 0.1) is 12.2 Å². The van der Waals surface area contributed by atoms with Crippen LogP contribution in [-0.4, -0.2) is 19.5 Å². The van der Waals surface area contributed by atoms with Crippen molar-refractivity contribution < 1.29 is 0 Å². The Kier molecular flexibility index (Phi) is 3.24. The molecule has 0 unspecified atom stereocenters. The van der Waals surface area contributed by atoms with Crippen molar-refractivity contribution >= 4 is 17.2 Å². The third-order valence-corrected chi connectivity index (χ3v) is 2.42. The molecule has 0 aromatic carbocycles. The summed E-state index contributed by atoms with van der Waals surface area (Å²) in [5, 5.41) is 0. The third-order valence-electron chi connectivity index (χ3n) is 2.21. The van der Waals surface area contributed by atoms with Gasteiger partial charge in [0, 0.05) is 18.6 Å². The molecule has 2 heterocycles. The first kappa shape index (κ1) is 11.4. The molecule has 5 nitrogen and oxygen atoms in total. The summed E-state index contributed by atoms with van der Waals surface area (Å²) in [6.07, 6.45) is 4.76. The highest BCUT2D eigenvalue weighted by molar-refractivity contribution is 7.80. The van der Waals surface area contributed by atoms with Gasteiger partial charge in [-0.15, -0.1) is 0 Å². The minimum Gasteiger partial charge on any atom is -0.388 e. The van der Waals surface area contributed by atoms with Crippen molar-refractivity contribution in [2.45, 2.75) is 6.54 Å². The van der Waals surface area contributed by atoms with Gasteiger partial charge in [0.1, 0.15) is 4.99 Å². The maximum absolute atomic E-state index is 11.4. The molecule has 2 aromatic heterocycles. The molecule has 0 amide bonds.